The quantitative estimate of drug-likeness (QED) is 0.666. The Kier molecular flexibility index (Phi) is 3.54. The second-order valence-electron chi connectivity index (χ2n) is 6.00. The molecule has 2 aliphatic rings. The van der Waals surface area contributed by atoms with E-state index in [4.69, 9.17) is 0 Å². The van der Waals surface area contributed by atoms with Gasteiger partial charge >= 0.3 is 6.18 Å². The number of fused-ring (bicyclic) bond motifs is 2. The second kappa shape index (κ2) is 5.66. The molecule has 128 valence electrons. The molecule has 2 nitrogen and oxygen atoms in total. The van der Waals surface area contributed by atoms with E-state index in [1.54, 1.807) is 36.4 Å². The van der Waals surface area contributed by atoms with Crippen LogP contribution < -0.4 is 0 Å². The molecule has 2 aromatic rings. The number of ketones is 2. The van der Waals surface area contributed by atoms with Crippen molar-refractivity contribution in [2.75, 3.05) is 0 Å². The number of allylic oxidation sites excluding steroid dienone is 6. The van der Waals surface area contributed by atoms with Gasteiger partial charge in [0.05, 0.1) is 0 Å². The number of benzene rings is 2. The lowest BCUT2D eigenvalue weighted by atomic mass is 9.80. The third kappa shape index (κ3) is 2.44. The van der Waals surface area contributed by atoms with Crippen molar-refractivity contribution in [1.82, 2.24) is 0 Å². The first-order valence-corrected chi connectivity index (χ1v) is 7.87. The monoisotopic (exact) mass is 352 g/mol. The summed E-state index contributed by atoms with van der Waals surface area (Å²) in [5.41, 5.74) is 0.972. The van der Waals surface area contributed by atoms with Gasteiger partial charge in [-0.3, -0.25) is 9.59 Å². The lowest BCUT2D eigenvalue weighted by Gasteiger charge is -2.23. The predicted octanol–water partition coefficient (Wildman–Crippen LogP) is 5.03. The van der Waals surface area contributed by atoms with Gasteiger partial charge in [0.25, 0.3) is 0 Å². The smallest absolute Gasteiger partial charge is 0.289 e. The van der Waals surface area contributed by atoms with Gasteiger partial charge in [-0.1, -0.05) is 48.5 Å². The molecule has 0 unspecified atom stereocenters. The van der Waals surface area contributed by atoms with Gasteiger partial charge in [-0.25, -0.2) is 0 Å². The normalized spacial score (nSPS) is 19.1. The number of carbonyl (C=O) groups is 2. The van der Waals surface area contributed by atoms with Crippen molar-refractivity contribution < 1.29 is 22.8 Å². The summed E-state index contributed by atoms with van der Waals surface area (Å²) in [7, 11) is 0. The number of hydrogen-bond acceptors (Lipinski definition) is 2. The molecule has 0 aliphatic heterocycles. The topological polar surface area (TPSA) is 34.1 Å². The Balaban J connectivity index is 2.08. The molecule has 0 spiro atoms. The molecule has 0 aromatic heterocycles. The Morgan fingerprint density at radius 2 is 1.19 bits per heavy atom. The first kappa shape index (κ1) is 16.3. The molecule has 5 heteroatoms. The molecule has 0 saturated carbocycles. The van der Waals surface area contributed by atoms with E-state index in [-0.39, 0.29) is 16.9 Å². The molecular weight excluding hydrogens is 341 g/mol. The fourth-order valence-corrected chi connectivity index (χ4v) is 3.29. The van der Waals surface area contributed by atoms with E-state index in [9.17, 15) is 22.8 Å². The standard InChI is InChI=1S/C21H11F3O2/c22-21(23,24)18-11-17(13-6-2-4-8-16(13)20(18)26)14-9-10-19(25)15-7-3-1-5-12(14)15/h1-11H. The number of alkyl halides is 3. The summed E-state index contributed by atoms with van der Waals surface area (Å²) >= 11 is 0. The molecule has 0 N–H and O–H groups in total. The van der Waals surface area contributed by atoms with Crippen LogP contribution in [0, 0.1) is 0 Å². The first-order valence-electron chi connectivity index (χ1n) is 7.87. The minimum Gasteiger partial charge on any atom is -0.289 e. The molecule has 0 bridgehead atoms. The first-order chi connectivity index (χ1) is 12.4. The zero-order valence-corrected chi connectivity index (χ0v) is 13.3. The Morgan fingerprint density at radius 3 is 1.81 bits per heavy atom. The van der Waals surface area contributed by atoms with Crippen LogP contribution >= 0.6 is 0 Å². The average Bonchev–Trinajstić information content (AvgIpc) is 2.62. The van der Waals surface area contributed by atoms with Crippen molar-refractivity contribution >= 4 is 22.7 Å². The summed E-state index contributed by atoms with van der Waals surface area (Å²) in [5.74, 6) is -1.24. The third-order valence-corrected chi connectivity index (χ3v) is 4.47. The summed E-state index contributed by atoms with van der Waals surface area (Å²) in [6, 6.07) is 13.0. The van der Waals surface area contributed by atoms with Crippen LogP contribution in [0.25, 0.3) is 11.1 Å². The van der Waals surface area contributed by atoms with Crippen molar-refractivity contribution in [2.45, 2.75) is 6.18 Å². The Hall–Kier alpha value is -3.21. The summed E-state index contributed by atoms with van der Waals surface area (Å²) in [4.78, 5) is 24.4. The highest BCUT2D eigenvalue weighted by Crippen LogP contribution is 2.42. The van der Waals surface area contributed by atoms with Crippen molar-refractivity contribution in [2.24, 2.45) is 0 Å². The van der Waals surface area contributed by atoms with Crippen LogP contribution in [0.3, 0.4) is 0 Å². The Bertz CT molecular complexity index is 1050. The Morgan fingerprint density at radius 1 is 0.654 bits per heavy atom. The van der Waals surface area contributed by atoms with Crippen molar-refractivity contribution in [3.8, 4) is 0 Å². The largest absolute Gasteiger partial charge is 0.420 e. The fraction of sp³-hybridized carbons (Fsp3) is 0.0476. The van der Waals surface area contributed by atoms with Crippen LogP contribution in [0.4, 0.5) is 13.2 Å². The van der Waals surface area contributed by atoms with Gasteiger partial charge in [0.15, 0.2) is 11.6 Å². The summed E-state index contributed by atoms with van der Waals surface area (Å²) in [6.07, 6.45) is -1.02. The molecule has 0 saturated heterocycles. The zero-order valence-electron chi connectivity index (χ0n) is 13.3. The van der Waals surface area contributed by atoms with E-state index in [2.05, 4.69) is 0 Å². The van der Waals surface area contributed by atoms with Crippen molar-refractivity contribution in [1.29, 1.82) is 0 Å². The average molecular weight is 352 g/mol. The SMILES string of the molecule is O=C1C=CC(=C2C=C(C(F)(F)F)C(=O)c3ccccc32)c2ccccc21. The highest BCUT2D eigenvalue weighted by molar-refractivity contribution is 6.22. The van der Waals surface area contributed by atoms with E-state index in [1.165, 1.54) is 24.3 Å². The fourth-order valence-electron chi connectivity index (χ4n) is 3.29. The van der Waals surface area contributed by atoms with Gasteiger partial charge in [0.2, 0.25) is 0 Å². The minimum atomic E-state index is -4.76. The third-order valence-electron chi connectivity index (χ3n) is 4.47. The maximum atomic E-state index is 13.4. The minimum absolute atomic E-state index is 0.00704. The van der Waals surface area contributed by atoms with E-state index >= 15 is 0 Å². The highest BCUT2D eigenvalue weighted by Gasteiger charge is 2.42. The molecule has 0 heterocycles. The van der Waals surface area contributed by atoms with E-state index in [0.717, 1.165) is 6.08 Å². The second-order valence-corrected chi connectivity index (χ2v) is 6.00. The molecule has 0 radical (unpaired) electrons. The summed E-state index contributed by atoms with van der Waals surface area (Å²) in [6.45, 7) is 0. The number of Topliss-reactive ketones (excluding diaryl/α,β-unsaturated/α-hetero) is 1. The van der Waals surface area contributed by atoms with Crippen molar-refractivity contribution in [3.63, 3.8) is 0 Å². The van der Waals surface area contributed by atoms with Gasteiger partial charge < -0.3 is 0 Å². The van der Waals surface area contributed by atoms with E-state index in [1.807, 2.05) is 0 Å². The molecular formula is C21H11F3O2. The van der Waals surface area contributed by atoms with Crippen LogP contribution in [0.2, 0.25) is 0 Å². The zero-order chi connectivity index (χ0) is 18.5. The number of hydrogen-bond donors (Lipinski definition) is 0. The number of rotatable bonds is 0. The van der Waals surface area contributed by atoms with Gasteiger partial charge in [-0.15, -0.1) is 0 Å². The number of carbonyl (C=O) groups excluding carboxylic acids is 2. The maximum absolute atomic E-state index is 13.4. The predicted molar refractivity (Wildman–Crippen MR) is 91.6 cm³/mol. The van der Waals surface area contributed by atoms with Gasteiger partial charge in [-0.05, 0) is 40.5 Å². The number of halogens is 3. The highest BCUT2D eigenvalue weighted by atomic mass is 19.4. The van der Waals surface area contributed by atoms with Crippen LogP contribution in [0.15, 0.2) is 72.3 Å². The van der Waals surface area contributed by atoms with Gasteiger partial charge in [0, 0.05) is 11.1 Å². The molecule has 2 aromatic carbocycles. The molecule has 4 rings (SSSR count). The molecule has 0 amide bonds. The molecule has 0 atom stereocenters. The van der Waals surface area contributed by atoms with Crippen LogP contribution in [-0.4, -0.2) is 17.7 Å². The molecule has 0 fully saturated rings. The Labute approximate surface area is 147 Å². The lowest BCUT2D eigenvalue weighted by Crippen LogP contribution is -2.24. The lowest BCUT2D eigenvalue weighted by molar-refractivity contribution is -0.0887. The molecule has 2 aliphatic carbocycles. The van der Waals surface area contributed by atoms with Crippen molar-refractivity contribution in [3.05, 3.63) is 94.6 Å². The molecule has 26 heavy (non-hydrogen) atoms. The van der Waals surface area contributed by atoms with E-state index < -0.39 is 17.5 Å². The van der Waals surface area contributed by atoms with Gasteiger partial charge in [0.1, 0.15) is 5.57 Å². The van der Waals surface area contributed by atoms with Crippen LogP contribution in [0.5, 0.6) is 0 Å². The maximum Gasteiger partial charge on any atom is 0.420 e. The van der Waals surface area contributed by atoms with Gasteiger partial charge in [-0.2, -0.15) is 13.2 Å². The van der Waals surface area contributed by atoms with E-state index in [0.29, 0.717) is 22.3 Å². The summed E-state index contributed by atoms with van der Waals surface area (Å²) in [5, 5.41) is 0. The summed E-state index contributed by atoms with van der Waals surface area (Å²) < 4.78 is 40.2. The van der Waals surface area contributed by atoms with Crippen LogP contribution in [-0.2, 0) is 0 Å². The van der Waals surface area contributed by atoms with Crippen LogP contribution in [0.1, 0.15) is 31.8 Å².